The summed E-state index contributed by atoms with van der Waals surface area (Å²) >= 11 is 1.41. The molecule has 0 radical (unpaired) electrons. The zero-order chi connectivity index (χ0) is 14.4. The number of rotatable bonds is 4. The van der Waals surface area contributed by atoms with E-state index in [1.807, 2.05) is 30.3 Å². The summed E-state index contributed by atoms with van der Waals surface area (Å²) in [7, 11) is 0. The number of hydrogen-bond donors (Lipinski definition) is 1. The van der Waals surface area contributed by atoms with Gasteiger partial charge in [-0.05, 0) is 30.3 Å². The van der Waals surface area contributed by atoms with Gasteiger partial charge in [-0.2, -0.15) is 5.26 Å². The molecule has 20 heavy (non-hydrogen) atoms. The van der Waals surface area contributed by atoms with Crippen molar-refractivity contribution in [3.05, 3.63) is 59.9 Å². The largest absolute Gasteiger partial charge is 0.325 e. The van der Waals surface area contributed by atoms with Gasteiger partial charge < -0.3 is 5.32 Å². The topological polar surface area (TPSA) is 52.9 Å². The van der Waals surface area contributed by atoms with Crippen LogP contribution in [0.2, 0.25) is 0 Å². The lowest BCUT2D eigenvalue weighted by molar-refractivity contribution is -0.113. The van der Waals surface area contributed by atoms with Crippen molar-refractivity contribution in [2.45, 2.75) is 4.90 Å². The number of thioether (sulfide) groups is 1. The number of amides is 1. The summed E-state index contributed by atoms with van der Waals surface area (Å²) in [5.41, 5.74) is 0.333. The molecule has 0 spiro atoms. The summed E-state index contributed by atoms with van der Waals surface area (Å²) in [6.45, 7) is 0. The second-order valence-corrected chi connectivity index (χ2v) is 5.01. The van der Waals surface area contributed by atoms with Crippen LogP contribution >= 0.6 is 11.8 Å². The number of nitrogens with one attached hydrogen (secondary N) is 1. The third kappa shape index (κ3) is 3.84. The molecule has 100 valence electrons. The van der Waals surface area contributed by atoms with Crippen LogP contribution in [-0.2, 0) is 4.79 Å². The molecule has 0 heterocycles. The van der Waals surface area contributed by atoms with Crippen molar-refractivity contribution in [1.29, 1.82) is 5.26 Å². The summed E-state index contributed by atoms with van der Waals surface area (Å²) in [6.07, 6.45) is 0. The number of hydrogen-bond acceptors (Lipinski definition) is 3. The maximum atomic E-state index is 13.1. The maximum Gasteiger partial charge on any atom is 0.234 e. The summed E-state index contributed by atoms with van der Waals surface area (Å²) in [5, 5.41) is 11.4. The first-order valence-electron chi connectivity index (χ1n) is 5.86. The van der Waals surface area contributed by atoms with Crippen LogP contribution in [0.1, 0.15) is 5.56 Å². The van der Waals surface area contributed by atoms with E-state index in [1.54, 1.807) is 6.07 Å². The molecule has 2 aromatic carbocycles. The van der Waals surface area contributed by atoms with E-state index in [-0.39, 0.29) is 17.2 Å². The molecule has 0 fully saturated rings. The minimum Gasteiger partial charge on any atom is -0.325 e. The van der Waals surface area contributed by atoms with Crippen LogP contribution in [-0.4, -0.2) is 11.7 Å². The van der Waals surface area contributed by atoms with Crippen LogP contribution in [0.4, 0.5) is 10.1 Å². The Labute approximate surface area is 120 Å². The van der Waals surface area contributed by atoms with Crippen molar-refractivity contribution in [2.24, 2.45) is 0 Å². The van der Waals surface area contributed by atoms with Gasteiger partial charge in [-0.15, -0.1) is 11.8 Å². The molecule has 0 saturated heterocycles. The van der Waals surface area contributed by atoms with Crippen LogP contribution in [0.5, 0.6) is 0 Å². The van der Waals surface area contributed by atoms with Crippen molar-refractivity contribution in [3.8, 4) is 6.07 Å². The molecule has 0 aromatic heterocycles. The molecule has 1 N–H and O–H groups in total. The third-order valence-corrected chi connectivity index (χ3v) is 3.50. The maximum absolute atomic E-state index is 13.1. The lowest BCUT2D eigenvalue weighted by atomic mass is 10.2. The Kier molecular flexibility index (Phi) is 4.75. The number of nitriles is 1. The third-order valence-electron chi connectivity index (χ3n) is 2.48. The second kappa shape index (κ2) is 6.73. The van der Waals surface area contributed by atoms with Crippen molar-refractivity contribution in [2.75, 3.05) is 11.1 Å². The SMILES string of the molecule is N#Cc1cc(NC(=O)CSc2ccccc2)ccc1F. The van der Waals surface area contributed by atoms with Gasteiger partial charge in [-0.25, -0.2) is 4.39 Å². The number of carbonyl (C=O) groups is 1. The Bertz CT molecular complexity index is 653. The summed E-state index contributed by atoms with van der Waals surface area (Å²) in [6, 6.07) is 15.2. The Morgan fingerprint density at radius 2 is 2.00 bits per heavy atom. The van der Waals surface area contributed by atoms with Gasteiger partial charge in [-0.3, -0.25) is 4.79 Å². The van der Waals surface area contributed by atoms with E-state index < -0.39 is 5.82 Å². The van der Waals surface area contributed by atoms with Gasteiger partial charge in [-0.1, -0.05) is 18.2 Å². The predicted octanol–water partition coefficient (Wildman–Crippen LogP) is 3.43. The van der Waals surface area contributed by atoms with E-state index in [2.05, 4.69) is 5.32 Å². The van der Waals surface area contributed by atoms with Crippen molar-refractivity contribution in [1.82, 2.24) is 0 Å². The molecular weight excluding hydrogens is 275 g/mol. The van der Waals surface area contributed by atoms with Crippen LogP contribution < -0.4 is 5.32 Å². The molecule has 0 unspecified atom stereocenters. The van der Waals surface area contributed by atoms with Gasteiger partial charge in [0.05, 0.1) is 11.3 Å². The number of halogens is 1. The standard InChI is InChI=1S/C15H11FN2OS/c16-14-7-6-12(8-11(14)9-17)18-15(19)10-20-13-4-2-1-3-5-13/h1-8H,10H2,(H,18,19). The minimum atomic E-state index is -0.593. The van der Waals surface area contributed by atoms with Crippen LogP contribution in [0.25, 0.3) is 0 Å². The van der Waals surface area contributed by atoms with E-state index in [1.165, 1.54) is 30.0 Å². The summed E-state index contributed by atoms with van der Waals surface area (Å²) in [4.78, 5) is 12.8. The predicted molar refractivity (Wildman–Crippen MR) is 76.9 cm³/mol. The fourth-order valence-electron chi connectivity index (χ4n) is 1.55. The van der Waals surface area contributed by atoms with E-state index in [0.717, 1.165) is 4.90 Å². The zero-order valence-electron chi connectivity index (χ0n) is 10.5. The van der Waals surface area contributed by atoms with Gasteiger partial charge in [0.2, 0.25) is 5.91 Å². The molecule has 3 nitrogen and oxygen atoms in total. The summed E-state index contributed by atoms with van der Waals surface area (Å²) in [5.74, 6) is -0.540. The van der Waals surface area contributed by atoms with E-state index in [0.29, 0.717) is 5.69 Å². The van der Waals surface area contributed by atoms with Gasteiger partial charge in [0.25, 0.3) is 0 Å². The number of benzene rings is 2. The van der Waals surface area contributed by atoms with E-state index in [4.69, 9.17) is 5.26 Å². The molecule has 0 aliphatic rings. The van der Waals surface area contributed by atoms with E-state index >= 15 is 0 Å². The number of carbonyl (C=O) groups excluding carboxylic acids is 1. The molecule has 0 aliphatic heterocycles. The number of anilines is 1. The molecule has 1 amide bonds. The molecule has 0 aliphatic carbocycles. The van der Waals surface area contributed by atoms with Gasteiger partial charge in [0, 0.05) is 10.6 Å². The molecular formula is C15H11FN2OS. The Balaban J connectivity index is 1.93. The van der Waals surface area contributed by atoms with Crippen LogP contribution in [0.3, 0.4) is 0 Å². The Morgan fingerprint density at radius 1 is 1.25 bits per heavy atom. The first-order valence-corrected chi connectivity index (χ1v) is 6.85. The average molecular weight is 286 g/mol. The highest BCUT2D eigenvalue weighted by atomic mass is 32.2. The van der Waals surface area contributed by atoms with Gasteiger partial charge in [0.1, 0.15) is 11.9 Å². The van der Waals surface area contributed by atoms with Crippen LogP contribution in [0, 0.1) is 17.1 Å². The lowest BCUT2D eigenvalue weighted by Crippen LogP contribution is -2.14. The minimum absolute atomic E-state index is 0.0847. The average Bonchev–Trinajstić information content (AvgIpc) is 2.48. The second-order valence-electron chi connectivity index (χ2n) is 3.96. The molecule has 0 atom stereocenters. The smallest absolute Gasteiger partial charge is 0.234 e. The normalized spacial score (nSPS) is 9.80. The van der Waals surface area contributed by atoms with E-state index in [9.17, 15) is 9.18 Å². The van der Waals surface area contributed by atoms with Crippen molar-refractivity contribution in [3.63, 3.8) is 0 Å². The highest BCUT2D eigenvalue weighted by molar-refractivity contribution is 8.00. The molecule has 2 aromatic rings. The quantitative estimate of drug-likeness (QED) is 0.876. The van der Waals surface area contributed by atoms with Gasteiger partial charge >= 0.3 is 0 Å². The monoisotopic (exact) mass is 286 g/mol. The Morgan fingerprint density at radius 3 is 2.70 bits per heavy atom. The Hall–Kier alpha value is -2.32. The molecule has 5 heteroatoms. The molecule has 0 saturated carbocycles. The van der Waals surface area contributed by atoms with Crippen molar-refractivity contribution >= 4 is 23.4 Å². The molecule has 2 rings (SSSR count). The zero-order valence-corrected chi connectivity index (χ0v) is 11.3. The highest BCUT2D eigenvalue weighted by Crippen LogP contribution is 2.18. The van der Waals surface area contributed by atoms with Crippen molar-refractivity contribution < 1.29 is 9.18 Å². The van der Waals surface area contributed by atoms with Gasteiger partial charge in [0.15, 0.2) is 0 Å². The fourth-order valence-corrected chi connectivity index (χ4v) is 2.27. The first kappa shape index (κ1) is 14.1. The highest BCUT2D eigenvalue weighted by Gasteiger charge is 2.06. The summed E-state index contributed by atoms with van der Waals surface area (Å²) < 4.78 is 13.1. The number of nitrogens with zero attached hydrogens (tertiary/aromatic N) is 1. The fraction of sp³-hybridized carbons (Fsp3) is 0.0667. The lowest BCUT2D eigenvalue weighted by Gasteiger charge is -2.06. The first-order chi connectivity index (χ1) is 9.69. The molecule has 0 bridgehead atoms. The van der Waals surface area contributed by atoms with Crippen LogP contribution in [0.15, 0.2) is 53.4 Å².